The van der Waals surface area contributed by atoms with E-state index >= 15 is 0 Å². The van der Waals surface area contributed by atoms with E-state index < -0.39 is 6.10 Å². The monoisotopic (exact) mass is 440 g/mol. The largest absolute Gasteiger partial charge is 0.477 e. The molecule has 0 radical (unpaired) electrons. The van der Waals surface area contributed by atoms with Gasteiger partial charge in [-0.05, 0) is 43.0 Å². The van der Waals surface area contributed by atoms with Gasteiger partial charge >= 0.3 is 0 Å². The Hall–Kier alpha value is -2.68. The van der Waals surface area contributed by atoms with Gasteiger partial charge in [0.2, 0.25) is 5.88 Å². The predicted octanol–water partition coefficient (Wildman–Crippen LogP) is 1.51. The van der Waals surface area contributed by atoms with Crippen molar-refractivity contribution < 1.29 is 19.4 Å². The van der Waals surface area contributed by atoms with Gasteiger partial charge in [0.15, 0.2) is 0 Å². The zero-order chi connectivity index (χ0) is 22.3. The molecule has 3 N–H and O–H groups in total. The van der Waals surface area contributed by atoms with Crippen LogP contribution < -0.4 is 20.3 Å². The molecule has 32 heavy (non-hydrogen) atoms. The lowest BCUT2D eigenvalue weighted by atomic mass is 9.93. The number of rotatable bonds is 7. The second-order valence-electron chi connectivity index (χ2n) is 8.15. The van der Waals surface area contributed by atoms with Crippen LogP contribution in [0.4, 0.5) is 5.82 Å². The first-order valence-electron chi connectivity index (χ1n) is 11.4. The fourth-order valence-electron chi connectivity index (χ4n) is 4.19. The van der Waals surface area contributed by atoms with Crippen LogP contribution in [0.3, 0.4) is 0 Å². The number of aromatic nitrogens is 1. The molecular formula is C24H32N4O4. The average Bonchev–Trinajstić information content (AvgIpc) is 3.12. The number of pyridine rings is 1. The number of aliphatic hydroxyl groups excluding tert-OH is 1. The van der Waals surface area contributed by atoms with Gasteiger partial charge in [0.1, 0.15) is 11.4 Å². The highest BCUT2D eigenvalue weighted by Crippen LogP contribution is 2.23. The van der Waals surface area contributed by atoms with Crippen LogP contribution in [0.1, 0.15) is 34.8 Å². The number of benzene rings is 1. The molecule has 1 aromatic heterocycles. The highest BCUT2D eigenvalue weighted by atomic mass is 16.5. The lowest BCUT2D eigenvalue weighted by molar-refractivity contribution is 0.0866. The van der Waals surface area contributed by atoms with Crippen molar-refractivity contribution in [2.75, 3.05) is 44.4 Å². The van der Waals surface area contributed by atoms with Gasteiger partial charge in [-0.1, -0.05) is 24.3 Å². The number of anilines is 1. The van der Waals surface area contributed by atoms with E-state index in [0.29, 0.717) is 31.2 Å². The number of carbonyl (C=O) groups excluding carboxylic acids is 1. The van der Waals surface area contributed by atoms with Crippen molar-refractivity contribution in [1.29, 1.82) is 0 Å². The fraction of sp³-hybridized carbons (Fsp3) is 0.500. The molecule has 0 spiro atoms. The Kier molecular flexibility index (Phi) is 7.57. The van der Waals surface area contributed by atoms with E-state index in [1.165, 1.54) is 11.1 Å². The van der Waals surface area contributed by atoms with Gasteiger partial charge in [-0.15, -0.1) is 0 Å². The highest BCUT2D eigenvalue weighted by molar-refractivity contribution is 5.96. The lowest BCUT2D eigenvalue weighted by Gasteiger charge is -2.30. The molecule has 1 saturated heterocycles. The van der Waals surface area contributed by atoms with Crippen LogP contribution in [0, 0.1) is 0 Å². The predicted molar refractivity (Wildman–Crippen MR) is 122 cm³/mol. The van der Waals surface area contributed by atoms with Crippen LogP contribution in [0.5, 0.6) is 5.88 Å². The number of hydrogen-bond acceptors (Lipinski definition) is 7. The van der Waals surface area contributed by atoms with Crippen molar-refractivity contribution in [3.05, 3.63) is 53.1 Å². The summed E-state index contributed by atoms with van der Waals surface area (Å²) in [5, 5.41) is 16.9. The molecule has 2 aliphatic heterocycles. The van der Waals surface area contributed by atoms with Crippen LogP contribution >= 0.6 is 0 Å². The summed E-state index contributed by atoms with van der Waals surface area (Å²) >= 11 is 0. The quantitative estimate of drug-likeness (QED) is 0.601. The Bertz CT molecular complexity index is 915. The van der Waals surface area contributed by atoms with Crippen LogP contribution in [0.25, 0.3) is 0 Å². The molecule has 172 valence electrons. The lowest BCUT2D eigenvalue weighted by Crippen LogP contribution is -2.49. The maximum absolute atomic E-state index is 12.9. The van der Waals surface area contributed by atoms with E-state index in [0.717, 1.165) is 38.4 Å². The van der Waals surface area contributed by atoms with Crippen LogP contribution in [-0.4, -0.2) is 67.6 Å². The molecule has 1 fully saturated rings. The minimum absolute atomic E-state index is 0.109. The Balaban J connectivity index is 1.39. The molecule has 4 rings (SSSR count). The van der Waals surface area contributed by atoms with Crippen LogP contribution in [0.2, 0.25) is 0 Å². The third kappa shape index (κ3) is 5.38. The minimum Gasteiger partial charge on any atom is -0.477 e. The molecule has 0 aliphatic carbocycles. The Morgan fingerprint density at radius 2 is 2.12 bits per heavy atom. The molecule has 1 amide bonds. The highest BCUT2D eigenvalue weighted by Gasteiger charge is 2.25. The van der Waals surface area contributed by atoms with E-state index in [1.807, 2.05) is 25.1 Å². The Morgan fingerprint density at radius 1 is 1.28 bits per heavy atom. The number of amides is 1. The van der Waals surface area contributed by atoms with Gasteiger partial charge in [-0.3, -0.25) is 4.79 Å². The molecule has 1 unspecified atom stereocenters. The summed E-state index contributed by atoms with van der Waals surface area (Å²) in [6.45, 7) is 6.16. The smallest absolute Gasteiger partial charge is 0.256 e. The summed E-state index contributed by atoms with van der Waals surface area (Å²) in [6, 6.07) is 11.7. The second-order valence-corrected chi connectivity index (χ2v) is 8.15. The zero-order valence-electron chi connectivity index (χ0n) is 18.5. The molecule has 2 atom stereocenters. The molecular weight excluding hydrogens is 408 g/mol. The number of ether oxygens (including phenoxy) is 2. The summed E-state index contributed by atoms with van der Waals surface area (Å²) in [5.41, 5.74) is 2.86. The normalized spacial score (nSPS) is 19.6. The van der Waals surface area contributed by atoms with Crippen molar-refractivity contribution >= 4 is 11.7 Å². The van der Waals surface area contributed by atoms with E-state index in [-0.39, 0.29) is 18.5 Å². The SMILES string of the molecule is CCOc1nc(N2CCCOCC2)ccc1C(=O)NCC(O)[C@@H]1Cc2ccccc2CN1. The number of carbonyl (C=O) groups is 1. The standard InChI is InChI=1S/C24H32N4O4/c1-2-32-24-19(8-9-22(27-24)28-10-5-12-31-13-11-28)23(30)26-16-21(29)20-14-17-6-3-4-7-18(17)15-25-20/h3-4,6-9,20-21,25,29H,2,5,10-16H2,1H3,(H,26,30)/t20-,21?/m0/s1. The third-order valence-electron chi connectivity index (χ3n) is 5.97. The van der Waals surface area contributed by atoms with Crippen molar-refractivity contribution in [1.82, 2.24) is 15.6 Å². The summed E-state index contributed by atoms with van der Waals surface area (Å²) in [6.07, 6.45) is 0.964. The molecule has 8 nitrogen and oxygen atoms in total. The van der Waals surface area contributed by atoms with Gasteiger partial charge in [0.25, 0.3) is 5.91 Å². The number of nitrogens with zero attached hydrogens (tertiary/aromatic N) is 2. The molecule has 0 bridgehead atoms. The third-order valence-corrected chi connectivity index (χ3v) is 5.97. The summed E-state index contributed by atoms with van der Waals surface area (Å²) in [5.74, 6) is 0.787. The minimum atomic E-state index is -0.702. The van der Waals surface area contributed by atoms with Crippen molar-refractivity contribution in [2.45, 2.75) is 38.5 Å². The first kappa shape index (κ1) is 22.5. The molecule has 2 aliphatic rings. The zero-order valence-corrected chi connectivity index (χ0v) is 18.5. The van der Waals surface area contributed by atoms with Crippen molar-refractivity contribution in [2.24, 2.45) is 0 Å². The van der Waals surface area contributed by atoms with Gasteiger partial charge < -0.3 is 30.1 Å². The molecule has 2 aromatic rings. The Morgan fingerprint density at radius 3 is 2.97 bits per heavy atom. The van der Waals surface area contributed by atoms with Crippen LogP contribution in [-0.2, 0) is 17.7 Å². The second kappa shape index (κ2) is 10.8. The molecule has 0 saturated carbocycles. The topological polar surface area (TPSA) is 96.0 Å². The van der Waals surface area contributed by atoms with Gasteiger partial charge in [0.05, 0.1) is 19.3 Å². The van der Waals surface area contributed by atoms with Crippen molar-refractivity contribution in [3.8, 4) is 5.88 Å². The van der Waals surface area contributed by atoms with E-state index in [4.69, 9.17) is 9.47 Å². The van der Waals surface area contributed by atoms with Gasteiger partial charge in [-0.25, -0.2) is 0 Å². The van der Waals surface area contributed by atoms with E-state index in [2.05, 4.69) is 32.7 Å². The van der Waals surface area contributed by atoms with Gasteiger partial charge in [-0.2, -0.15) is 4.98 Å². The van der Waals surface area contributed by atoms with Gasteiger partial charge in [0, 0.05) is 38.8 Å². The first-order chi connectivity index (χ1) is 15.7. The average molecular weight is 441 g/mol. The molecule has 1 aromatic carbocycles. The van der Waals surface area contributed by atoms with Crippen LogP contribution in [0.15, 0.2) is 36.4 Å². The summed E-state index contributed by atoms with van der Waals surface area (Å²) in [4.78, 5) is 19.6. The number of fused-ring (bicyclic) bond motifs is 1. The summed E-state index contributed by atoms with van der Waals surface area (Å²) in [7, 11) is 0. The maximum Gasteiger partial charge on any atom is 0.256 e. The maximum atomic E-state index is 12.9. The molecule has 3 heterocycles. The van der Waals surface area contributed by atoms with Crippen molar-refractivity contribution in [3.63, 3.8) is 0 Å². The number of hydrogen-bond donors (Lipinski definition) is 3. The Labute approximate surface area is 188 Å². The summed E-state index contributed by atoms with van der Waals surface area (Å²) < 4.78 is 11.2. The number of nitrogens with one attached hydrogen (secondary N) is 2. The number of aliphatic hydroxyl groups is 1. The van der Waals surface area contributed by atoms with E-state index in [1.54, 1.807) is 6.07 Å². The molecule has 8 heteroatoms. The first-order valence-corrected chi connectivity index (χ1v) is 11.4. The van der Waals surface area contributed by atoms with E-state index in [9.17, 15) is 9.90 Å². The fourth-order valence-corrected chi connectivity index (χ4v) is 4.19.